The van der Waals surface area contributed by atoms with Crippen molar-refractivity contribution in [2.75, 3.05) is 13.1 Å². The number of hydrogen-bond acceptors (Lipinski definition) is 5. The Morgan fingerprint density at radius 2 is 2.00 bits per heavy atom. The molecule has 2 heterocycles. The van der Waals surface area contributed by atoms with Gasteiger partial charge in [-0.1, -0.05) is 0 Å². The molecule has 1 aliphatic rings. The number of hydrogen-bond donors (Lipinski definition) is 2. The molecule has 0 spiro atoms. The second-order valence-corrected chi connectivity index (χ2v) is 8.45. The van der Waals surface area contributed by atoms with Crippen LogP contribution in [0.3, 0.4) is 0 Å². The molecule has 1 aromatic carbocycles. The van der Waals surface area contributed by atoms with Crippen LogP contribution in [0.15, 0.2) is 36.5 Å². The summed E-state index contributed by atoms with van der Waals surface area (Å²) in [6.45, 7) is 8.82. The van der Waals surface area contributed by atoms with E-state index in [2.05, 4.69) is 10.4 Å². The summed E-state index contributed by atoms with van der Waals surface area (Å²) in [7, 11) is 0. The molecule has 154 valence electrons. The van der Waals surface area contributed by atoms with Gasteiger partial charge in [0.2, 0.25) is 0 Å². The van der Waals surface area contributed by atoms with Crippen LogP contribution in [0.1, 0.15) is 54.6 Å². The zero-order valence-electron chi connectivity index (χ0n) is 17.4. The molecule has 1 atom stereocenters. The first-order chi connectivity index (χ1) is 13.7. The van der Waals surface area contributed by atoms with Gasteiger partial charge in [-0.15, -0.1) is 0 Å². The highest BCUT2D eigenvalue weighted by Crippen LogP contribution is 2.30. The van der Waals surface area contributed by atoms with Gasteiger partial charge in [-0.2, -0.15) is 0 Å². The lowest BCUT2D eigenvalue weighted by Gasteiger charge is -2.24. The highest BCUT2D eigenvalue weighted by Gasteiger charge is 2.30. The van der Waals surface area contributed by atoms with E-state index in [1.54, 1.807) is 23.2 Å². The predicted octanol–water partition coefficient (Wildman–Crippen LogP) is 3.38. The van der Waals surface area contributed by atoms with Crippen molar-refractivity contribution >= 4 is 12.0 Å². The van der Waals surface area contributed by atoms with Gasteiger partial charge in [0.05, 0.1) is 5.69 Å². The van der Waals surface area contributed by atoms with Crippen molar-refractivity contribution in [1.82, 2.24) is 15.3 Å². The molecule has 1 aromatic heterocycles. The molecule has 0 radical (unpaired) electrons. The summed E-state index contributed by atoms with van der Waals surface area (Å²) in [6, 6.07) is 9.56. The van der Waals surface area contributed by atoms with Gasteiger partial charge in [0.1, 0.15) is 5.60 Å². The predicted molar refractivity (Wildman–Crippen MR) is 111 cm³/mol. The first-order valence-corrected chi connectivity index (χ1v) is 9.73. The van der Waals surface area contributed by atoms with E-state index in [1.807, 2.05) is 45.9 Å². The Labute approximate surface area is 171 Å². The Hall–Kier alpha value is -2.93. The van der Waals surface area contributed by atoms with E-state index in [-0.39, 0.29) is 17.9 Å². The van der Waals surface area contributed by atoms with Crippen LogP contribution in [0.2, 0.25) is 0 Å². The molecule has 2 amide bonds. The molecular weight excluding hydrogens is 368 g/mol. The monoisotopic (exact) mass is 396 g/mol. The van der Waals surface area contributed by atoms with Crippen LogP contribution in [0, 0.1) is 6.92 Å². The summed E-state index contributed by atoms with van der Waals surface area (Å²) in [4.78, 5) is 30.5. The van der Waals surface area contributed by atoms with E-state index in [0.29, 0.717) is 18.7 Å². The number of carbonyl (C=O) groups is 2. The molecule has 1 saturated heterocycles. The van der Waals surface area contributed by atoms with Gasteiger partial charge >= 0.3 is 6.09 Å². The van der Waals surface area contributed by atoms with Crippen molar-refractivity contribution in [3.63, 3.8) is 0 Å². The number of benzene rings is 1. The normalized spacial score (nSPS) is 16.6. The van der Waals surface area contributed by atoms with Crippen LogP contribution >= 0.6 is 0 Å². The summed E-state index contributed by atoms with van der Waals surface area (Å²) in [5.41, 5.74) is 5.86. The highest BCUT2D eigenvalue weighted by atomic mass is 16.6. The van der Waals surface area contributed by atoms with Crippen LogP contribution in [0.25, 0.3) is 11.3 Å². The molecule has 2 aromatic rings. The average molecular weight is 396 g/mol. The maximum atomic E-state index is 12.3. The molecule has 7 heteroatoms. The van der Waals surface area contributed by atoms with Gasteiger partial charge in [-0.05, 0) is 75.6 Å². The topological polar surface area (TPSA) is 97.6 Å². The number of likely N-dealkylation sites (tertiary alicyclic amines) is 1. The fourth-order valence-corrected chi connectivity index (χ4v) is 3.53. The molecule has 3 rings (SSSR count). The molecule has 1 aliphatic heterocycles. The fourth-order valence-electron chi connectivity index (χ4n) is 3.53. The number of aryl methyl sites for hydroxylation is 1. The standard InChI is InChI=1S/C22H28N4O3/c1-14-9-17(11-18(10-14)20(27)25-23)19-12-15(5-7-24-19)16-6-8-26(13-16)21(28)29-22(2,3)4/h5,7,9-12,16H,6,8,13,23H2,1-4H3,(H,25,27). The Morgan fingerprint density at radius 3 is 2.69 bits per heavy atom. The molecule has 29 heavy (non-hydrogen) atoms. The van der Waals surface area contributed by atoms with E-state index in [4.69, 9.17) is 10.6 Å². The Balaban J connectivity index is 1.80. The number of amides is 2. The van der Waals surface area contributed by atoms with E-state index in [0.717, 1.165) is 28.8 Å². The summed E-state index contributed by atoms with van der Waals surface area (Å²) < 4.78 is 5.48. The molecule has 3 N–H and O–H groups in total. The number of aromatic nitrogens is 1. The average Bonchev–Trinajstić information content (AvgIpc) is 3.16. The third-order valence-electron chi connectivity index (χ3n) is 4.86. The largest absolute Gasteiger partial charge is 0.444 e. The van der Waals surface area contributed by atoms with E-state index >= 15 is 0 Å². The van der Waals surface area contributed by atoms with Crippen molar-refractivity contribution < 1.29 is 14.3 Å². The highest BCUT2D eigenvalue weighted by molar-refractivity contribution is 5.95. The number of nitrogens with two attached hydrogens (primary N) is 1. The summed E-state index contributed by atoms with van der Waals surface area (Å²) in [5, 5.41) is 0. The van der Waals surface area contributed by atoms with E-state index in [1.165, 1.54) is 0 Å². The molecular formula is C22H28N4O3. The van der Waals surface area contributed by atoms with Crippen LogP contribution in [0.5, 0.6) is 0 Å². The Morgan fingerprint density at radius 1 is 1.24 bits per heavy atom. The number of rotatable bonds is 3. The van der Waals surface area contributed by atoms with Gasteiger partial charge in [0.15, 0.2) is 0 Å². The number of ether oxygens (including phenoxy) is 1. The van der Waals surface area contributed by atoms with Gasteiger partial charge in [-0.25, -0.2) is 10.6 Å². The number of pyridine rings is 1. The Kier molecular flexibility index (Phi) is 5.88. The lowest BCUT2D eigenvalue weighted by atomic mass is 9.96. The SMILES string of the molecule is Cc1cc(C(=O)NN)cc(-c2cc(C3CCN(C(=O)OC(C)(C)C)C3)ccn2)c1. The van der Waals surface area contributed by atoms with E-state index in [9.17, 15) is 9.59 Å². The van der Waals surface area contributed by atoms with Crippen molar-refractivity contribution in [2.24, 2.45) is 5.84 Å². The number of carbonyl (C=O) groups excluding carboxylic acids is 2. The number of hydrazine groups is 1. The zero-order chi connectivity index (χ0) is 21.2. The zero-order valence-corrected chi connectivity index (χ0v) is 17.4. The van der Waals surface area contributed by atoms with Gasteiger partial charge in [-0.3, -0.25) is 15.2 Å². The quantitative estimate of drug-likeness (QED) is 0.471. The molecule has 7 nitrogen and oxygen atoms in total. The smallest absolute Gasteiger partial charge is 0.410 e. The van der Waals surface area contributed by atoms with Crippen LogP contribution in [-0.2, 0) is 4.74 Å². The third-order valence-corrected chi connectivity index (χ3v) is 4.86. The van der Waals surface area contributed by atoms with Crippen molar-refractivity contribution in [3.8, 4) is 11.3 Å². The minimum atomic E-state index is -0.502. The number of nitrogens with one attached hydrogen (secondary N) is 1. The number of nitrogen functional groups attached to an aromatic ring is 1. The maximum absolute atomic E-state index is 12.3. The second-order valence-electron chi connectivity index (χ2n) is 8.45. The minimum Gasteiger partial charge on any atom is -0.444 e. The number of nitrogens with zero attached hydrogens (tertiary/aromatic N) is 2. The fraction of sp³-hybridized carbons (Fsp3) is 0.409. The molecule has 1 unspecified atom stereocenters. The molecule has 0 aliphatic carbocycles. The molecule has 1 fully saturated rings. The van der Waals surface area contributed by atoms with Gasteiger partial charge in [0, 0.05) is 36.3 Å². The third kappa shape index (κ3) is 5.12. The molecule has 0 saturated carbocycles. The minimum absolute atomic E-state index is 0.223. The van der Waals surface area contributed by atoms with Crippen LogP contribution in [0.4, 0.5) is 4.79 Å². The Bertz CT molecular complexity index is 921. The maximum Gasteiger partial charge on any atom is 0.410 e. The lowest BCUT2D eigenvalue weighted by Crippen LogP contribution is -2.35. The first kappa shape index (κ1) is 20.8. The lowest BCUT2D eigenvalue weighted by molar-refractivity contribution is 0.0292. The summed E-state index contributed by atoms with van der Waals surface area (Å²) in [6.07, 6.45) is 2.37. The van der Waals surface area contributed by atoms with Crippen molar-refractivity contribution in [3.05, 3.63) is 53.2 Å². The van der Waals surface area contributed by atoms with Gasteiger partial charge in [0.25, 0.3) is 5.91 Å². The van der Waals surface area contributed by atoms with E-state index < -0.39 is 5.60 Å². The summed E-state index contributed by atoms with van der Waals surface area (Å²) >= 11 is 0. The van der Waals surface area contributed by atoms with Crippen LogP contribution in [-0.4, -0.2) is 40.6 Å². The van der Waals surface area contributed by atoms with Crippen LogP contribution < -0.4 is 11.3 Å². The second kappa shape index (κ2) is 8.21. The van der Waals surface area contributed by atoms with Crippen molar-refractivity contribution in [1.29, 1.82) is 0 Å². The first-order valence-electron chi connectivity index (χ1n) is 9.73. The molecule has 0 bridgehead atoms. The van der Waals surface area contributed by atoms with Gasteiger partial charge < -0.3 is 9.64 Å². The van der Waals surface area contributed by atoms with Crippen molar-refractivity contribution in [2.45, 2.75) is 45.6 Å². The summed E-state index contributed by atoms with van der Waals surface area (Å²) in [5.74, 6) is 5.15.